The second kappa shape index (κ2) is 13.5. The third kappa shape index (κ3) is 5.49. The molecule has 0 fully saturated rings. The van der Waals surface area contributed by atoms with Crippen LogP contribution >= 0.6 is 0 Å². The zero-order valence-corrected chi connectivity index (χ0v) is 35.4. The van der Waals surface area contributed by atoms with E-state index in [1.807, 2.05) is 0 Å². The molecule has 2 nitrogen and oxygen atoms in total. The van der Waals surface area contributed by atoms with Crippen LogP contribution in [0.25, 0.3) is 77.6 Å². The van der Waals surface area contributed by atoms with Crippen LogP contribution in [0.1, 0.15) is 49.9 Å². The first-order chi connectivity index (χ1) is 30.2. The predicted octanol–water partition coefficient (Wildman–Crippen LogP) is 16.7. The molecule has 0 unspecified atom stereocenters. The zero-order valence-electron chi connectivity index (χ0n) is 35.4. The first kappa shape index (κ1) is 36.4. The third-order valence-corrected chi connectivity index (χ3v) is 13.9. The Morgan fingerprint density at radius 2 is 0.823 bits per heavy atom. The molecule has 0 N–H and O–H groups in total. The maximum Gasteiger partial charge on any atom is 0.136 e. The molecule has 1 heterocycles. The number of rotatable bonds is 6. The molecule has 12 rings (SSSR count). The summed E-state index contributed by atoms with van der Waals surface area (Å²) >= 11 is 0. The zero-order chi connectivity index (χ0) is 41.7. The average molecular weight is 796 g/mol. The number of benzene rings is 9. The number of fused-ring (bicyclic) bond motifs is 10. The lowest BCUT2D eigenvalue weighted by molar-refractivity contribution is 0.656. The Balaban J connectivity index is 0.919. The van der Waals surface area contributed by atoms with Gasteiger partial charge in [-0.2, -0.15) is 0 Å². The number of furan rings is 1. The fourth-order valence-electron chi connectivity index (χ4n) is 10.6. The molecule has 0 saturated heterocycles. The average Bonchev–Trinajstić information content (AvgIpc) is 3.89. The van der Waals surface area contributed by atoms with Crippen molar-refractivity contribution in [2.45, 2.75) is 38.5 Å². The summed E-state index contributed by atoms with van der Waals surface area (Å²) in [6.45, 7) is 9.39. The fraction of sp³-hybridized carbons (Fsp3) is 0.100. The van der Waals surface area contributed by atoms with Gasteiger partial charge in [-0.15, -0.1) is 0 Å². The van der Waals surface area contributed by atoms with E-state index in [-0.39, 0.29) is 10.8 Å². The van der Waals surface area contributed by atoms with Gasteiger partial charge in [0.15, 0.2) is 0 Å². The molecule has 0 atom stereocenters. The standard InChI is InChI=1S/C60H45NO/c1-59(2)52-33-25-42(36-50(52)57-53(59)34-35-56-58(57)49-15-9-11-17-55(49)62-56)40-20-28-45(29-21-40)61(44-26-18-39(19-27-44)38-12-6-5-7-13-38)46-30-22-41(23-31-46)43-24-32-48-47-14-8-10-16-51(47)60(3,4)54(48)37-43/h5-37H,1-4H3. The predicted molar refractivity (Wildman–Crippen MR) is 260 cm³/mol. The van der Waals surface area contributed by atoms with Gasteiger partial charge in [0.05, 0.1) is 0 Å². The minimum absolute atomic E-state index is 0.0428. The van der Waals surface area contributed by atoms with Crippen molar-refractivity contribution < 1.29 is 4.42 Å². The van der Waals surface area contributed by atoms with Crippen molar-refractivity contribution in [2.75, 3.05) is 4.90 Å². The van der Waals surface area contributed by atoms with E-state index < -0.39 is 0 Å². The quantitative estimate of drug-likeness (QED) is 0.167. The summed E-state index contributed by atoms with van der Waals surface area (Å²) < 4.78 is 6.37. The summed E-state index contributed by atoms with van der Waals surface area (Å²) in [7, 11) is 0. The second-order valence-electron chi connectivity index (χ2n) is 18.1. The molecule has 0 bridgehead atoms. The lowest BCUT2D eigenvalue weighted by Gasteiger charge is -2.26. The molecule has 0 amide bonds. The van der Waals surface area contributed by atoms with E-state index in [9.17, 15) is 0 Å². The first-order valence-electron chi connectivity index (χ1n) is 21.7. The van der Waals surface area contributed by atoms with Crippen LogP contribution in [-0.4, -0.2) is 0 Å². The minimum atomic E-state index is -0.116. The molecule has 1 aromatic heterocycles. The van der Waals surface area contributed by atoms with Crippen molar-refractivity contribution in [3.05, 3.63) is 222 Å². The Bertz CT molecular complexity index is 3370. The lowest BCUT2D eigenvalue weighted by Crippen LogP contribution is -2.14. The highest BCUT2D eigenvalue weighted by Gasteiger charge is 2.38. The highest BCUT2D eigenvalue weighted by molar-refractivity contribution is 6.15. The Kier molecular flexibility index (Phi) is 7.96. The topological polar surface area (TPSA) is 16.4 Å². The molecule has 2 heteroatoms. The van der Waals surface area contributed by atoms with Crippen LogP contribution in [0.2, 0.25) is 0 Å². The summed E-state index contributed by atoms with van der Waals surface area (Å²) in [6, 6.07) is 73.4. The largest absolute Gasteiger partial charge is 0.456 e. The van der Waals surface area contributed by atoms with Gasteiger partial charge in [0.25, 0.3) is 0 Å². The van der Waals surface area contributed by atoms with Gasteiger partial charge >= 0.3 is 0 Å². The van der Waals surface area contributed by atoms with Crippen molar-refractivity contribution in [2.24, 2.45) is 0 Å². The molecular formula is C60H45NO. The van der Waals surface area contributed by atoms with Crippen molar-refractivity contribution in [1.29, 1.82) is 0 Å². The van der Waals surface area contributed by atoms with Gasteiger partial charge in [-0.3, -0.25) is 0 Å². The highest BCUT2D eigenvalue weighted by Crippen LogP contribution is 2.54. The van der Waals surface area contributed by atoms with Crippen molar-refractivity contribution in [3.8, 4) is 55.6 Å². The molecule has 62 heavy (non-hydrogen) atoms. The maximum atomic E-state index is 6.37. The van der Waals surface area contributed by atoms with E-state index in [1.165, 1.54) is 88.7 Å². The molecule has 0 aliphatic heterocycles. The van der Waals surface area contributed by atoms with Crippen LogP contribution in [0.3, 0.4) is 0 Å². The van der Waals surface area contributed by atoms with Crippen LogP contribution in [0.4, 0.5) is 17.1 Å². The van der Waals surface area contributed by atoms with Gasteiger partial charge in [0.2, 0.25) is 0 Å². The lowest BCUT2D eigenvalue weighted by atomic mass is 9.81. The van der Waals surface area contributed by atoms with Crippen molar-refractivity contribution in [1.82, 2.24) is 0 Å². The minimum Gasteiger partial charge on any atom is -0.456 e. The van der Waals surface area contributed by atoms with Gasteiger partial charge < -0.3 is 9.32 Å². The third-order valence-electron chi connectivity index (χ3n) is 13.9. The SMILES string of the molecule is CC1(C)c2ccccc2-c2ccc(-c3ccc(N(c4ccc(-c5ccccc5)cc4)c4ccc(-c5ccc6c(c5)-c5c(ccc7oc8ccccc8c57)C6(C)C)cc4)cc3)cc21. The molecule has 2 aliphatic carbocycles. The van der Waals surface area contributed by atoms with Crippen molar-refractivity contribution in [3.63, 3.8) is 0 Å². The molecule has 0 saturated carbocycles. The van der Waals surface area contributed by atoms with Gasteiger partial charge in [0.1, 0.15) is 11.2 Å². The summed E-state index contributed by atoms with van der Waals surface area (Å²) in [5, 5.41) is 2.38. The van der Waals surface area contributed by atoms with Crippen LogP contribution in [0.5, 0.6) is 0 Å². The number of hydrogen-bond donors (Lipinski definition) is 0. The molecular weight excluding hydrogens is 751 g/mol. The molecule has 10 aromatic rings. The van der Waals surface area contributed by atoms with Crippen LogP contribution in [0, 0.1) is 0 Å². The van der Waals surface area contributed by atoms with Gasteiger partial charge in [-0.1, -0.05) is 167 Å². The highest BCUT2D eigenvalue weighted by atomic mass is 16.3. The van der Waals surface area contributed by atoms with E-state index in [0.29, 0.717) is 0 Å². The van der Waals surface area contributed by atoms with E-state index in [1.54, 1.807) is 0 Å². The Hall–Kier alpha value is -7.42. The van der Waals surface area contributed by atoms with Crippen molar-refractivity contribution >= 4 is 39.0 Å². The summed E-state index contributed by atoms with van der Waals surface area (Å²) in [5.74, 6) is 0. The number of para-hydroxylation sites is 1. The number of hydrogen-bond acceptors (Lipinski definition) is 2. The first-order valence-corrected chi connectivity index (χ1v) is 21.7. The van der Waals surface area contributed by atoms with Gasteiger partial charge in [-0.05, 0) is 139 Å². The normalized spacial score (nSPS) is 14.1. The summed E-state index contributed by atoms with van der Waals surface area (Å²) in [5.41, 5.74) is 23.0. The molecule has 0 radical (unpaired) electrons. The Morgan fingerprint density at radius 3 is 1.52 bits per heavy atom. The number of nitrogens with zero attached hydrogens (tertiary/aromatic N) is 1. The van der Waals surface area contributed by atoms with Gasteiger partial charge in [0, 0.05) is 38.7 Å². The molecule has 0 spiro atoms. The van der Waals surface area contributed by atoms with Crippen LogP contribution in [-0.2, 0) is 10.8 Å². The molecule has 9 aromatic carbocycles. The maximum absolute atomic E-state index is 6.37. The Morgan fingerprint density at radius 1 is 0.339 bits per heavy atom. The van der Waals surface area contributed by atoms with E-state index in [0.717, 1.165) is 28.2 Å². The van der Waals surface area contributed by atoms with E-state index in [2.05, 4.69) is 233 Å². The second-order valence-corrected chi connectivity index (χ2v) is 18.1. The molecule has 2 aliphatic rings. The monoisotopic (exact) mass is 795 g/mol. The fourth-order valence-corrected chi connectivity index (χ4v) is 10.6. The Labute approximate surface area is 363 Å². The summed E-state index contributed by atoms with van der Waals surface area (Å²) in [4.78, 5) is 2.37. The smallest absolute Gasteiger partial charge is 0.136 e. The van der Waals surface area contributed by atoms with Crippen LogP contribution < -0.4 is 4.90 Å². The van der Waals surface area contributed by atoms with Gasteiger partial charge in [-0.25, -0.2) is 0 Å². The van der Waals surface area contributed by atoms with Crippen LogP contribution in [0.15, 0.2) is 205 Å². The van der Waals surface area contributed by atoms with E-state index in [4.69, 9.17) is 4.42 Å². The number of anilines is 3. The molecule has 296 valence electrons. The van der Waals surface area contributed by atoms with E-state index >= 15 is 0 Å². The summed E-state index contributed by atoms with van der Waals surface area (Å²) in [6.07, 6.45) is 0.